The molecule has 3 aromatic rings. The van der Waals surface area contributed by atoms with Crippen molar-refractivity contribution in [1.29, 1.82) is 0 Å². The van der Waals surface area contributed by atoms with Crippen LogP contribution in [-0.2, 0) is 6.42 Å². The predicted molar refractivity (Wildman–Crippen MR) is 82.6 cm³/mol. The highest BCUT2D eigenvalue weighted by molar-refractivity contribution is 6.01. The van der Waals surface area contributed by atoms with Crippen molar-refractivity contribution in [1.82, 2.24) is 4.98 Å². The number of pyridine rings is 1. The van der Waals surface area contributed by atoms with Gasteiger partial charge in [-0.05, 0) is 17.7 Å². The molecule has 0 bridgehead atoms. The van der Waals surface area contributed by atoms with E-state index < -0.39 is 0 Å². The van der Waals surface area contributed by atoms with Gasteiger partial charge in [-0.3, -0.25) is 4.98 Å². The standard InChI is InChI=1S/C17H15N3/c18-20-17(13-6-2-1-3-7-13)12-15-11-10-14-8-4-5-9-16(14)19-15/h1-11H,12,18H2/b20-17+. The van der Waals surface area contributed by atoms with E-state index in [1.54, 1.807) is 0 Å². The molecule has 0 aliphatic carbocycles. The monoisotopic (exact) mass is 261 g/mol. The minimum absolute atomic E-state index is 0.630. The molecule has 3 rings (SSSR count). The van der Waals surface area contributed by atoms with E-state index in [1.165, 1.54) is 0 Å². The Morgan fingerprint density at radius 2 is 1.65 bits per heavy atom. The van der Waals surface area contributed by atoms with Gasteiger partial charge >= 0.3 is 0 Å². The van der Waals surface area contributed by atoms with Gasteiger partial charge in [0.15, 0.2) is 0 Å². The van der Waals surface area contributed by atoms with Crippen LogP contribution in [0.2, 0.25) is 0 Å². The van der Waals surface area contributed by atoms with E-state index in [-0.39, 0.29) is 0 Å². The number of aromatic nitrogens is 1. The van der Waals surface area contributed by atoms with E-state index in [0.29, 0.717) is 6.42 Å². The first kappa shape index (κ1) is 12.4. The van der Waals surface area contributed by atoms with E-state index in [2.05, 4.69) is 22.2 Å². The second-order valence-electron chi connectivity index (χ2n) is 4.61. The van der Waals surface area contributed by atoms with Gasteiger partial charge in [0.1, 0.15) is 0 Å². The van der Waals surface area contributed by atoms with Crippen LogP contribution in [0.5, 0.6) is 0 Å². The highest BCUT2D eigenvalue weighted by Gasteiger charge is 2.06. The summed E-state index contributed by atoms with van der Waals surface area (Å²) < 4.78 is 0. The van der Waals surface area contributed by atoms with Gasteiger partial charge in [0.2, 0.25) is 0 Å². The fourth-order valence-corrected chi connectivity index (χ4v) is 2.23. The van der Waals surface area contributed by atoms with Crippen LogP contribution in [0.15, 0.2) is 71.8 Å². The van der Waals surface area contributed by atoms with Crippen molar-refractivity contribution in [2.24, 2.45) is 10.9 Å². The number of nitrogens with zero attached hydrogens (tertiary/aromatic N) is 2. The van der Waals surface area contributed by atoms with Gasteiger partial charge in [-0.1, -0.05) is 54.6 Å². The average molecular weight is 261 g/mol. The lowest BCUT2D eigenvalue weighted by Crippen LogP contribution is -2.09. The molecule has 0 amide bonds. The van der Waals surface area contributed by atoms with Crippen molar-refractivity contribution in [3.63, 3.8) is 0 Å². The van der Waals surface area contributed by atoms with Crippen LogP contribution in [0.3, 0.4) is 0 Å². The Morgan fingerprint density at radius 1 is 0.900 bits per heavy atom. The van der Waals surface area contributed by atoms with Crippen molar-refractivity contribution in [3.05, 3.63) is 78.0 Å². The fraction of sp³-hybridized carbons (Fsp3) is 0.0588. The van der Waals surface area contributed by atoms with Crippen molar-refractivity contribution < 1.29 is 0 Å². The van der Waals surface area contributed by atoms with Gasteiger partial charge in [-0.25, -0.2) is 0 Å². The lowest BCUT2D eigenvalue weighted by Gasteiger charge is -2.06. The normalized spacial score (nSPS) is 11.7. The van der Waals surface area contributed by atoms with Crippen LogP contribution < -0.4 is 5.84 Å². The molecule has 1 aromatic heterocycles. The molecule has 0 fully saturated rings. The summed E-state index contributed by atoms with van der Waals surface area (Å²) >= 11 is 0. The van der Waals surface area contributed by atoms with E-state index in [1.807, 2.05) is 54.6 Å². The van der Waals surface area contributed by atoms with Crippen molar-refractivity contribution in [2.45, 2.75) is 6.42 Å². The minimum atomic E-state index is 0.630. The number of para-hydroxylation sites is 1. The SMILES string of the molecule is N/N=C(\Cc1ccc2ccccc2n1)c1ccccc1. The largest absolute Gasteiger partial charge is 0.323 e. The third-order valence-corrected chi connectivity index (χ3v) is 3.27. The molecule has 0 spiro atoms. The first-order valence-corrected chi connectivity index (χ1v) is 6.53. The zero-order chi connectivity index (χ0) is 13.8. The first-order valence-electron chi connectivity index (χ1n) is 6.53. The van der Waals surface area contributed by atoms with Crippen LogP contribution in [-0.4, -0.2) is 10.7 Å². The minimum Gasteiger partial charge on any atom is -0.323 e. The van der Waals surface area contributed by atoms with Crippen LogP contribution in [0, 0.1) is 0 Å². The fourth-order valence-electron chi connectivity index (χ4n) is 2.23. The quantitative estimate of drug-likeness (QED) is 0.447. The van der Waals surface area contributed by atoms with E-state index >= 15 is 0 Å². The Bertz CT molecular complexity index is 748. The number of hydrazone groups is 1. The van der Waals surface area contributed by atoms with Crippen molar-refractivity contribution in [3.8, 4) is 0 Å². The maximum Gasteiger partial charge on any atom is 0.0732 e. The van der Waals surface area contributed by atoms with Crippen molar-refractivity contribution >= 4 is 16.6 Å². The van der Waals surface area contributed by atoms with Crippen LogP contribution in [0.25, 0.3) is 10.9 Å². The van der Waals surface area contributed by atoms with E-state index in [0.717, 1.165) is 27.9 Å². The van der Waals surface area contributed by atoms with Gasteiger partial charge < -0.3 is 5.84 Å². The summed E-state index contributed by atoms with van der Waals surface area (Å²) in [6.45, 7) is 0. The maximum absolute atomic E-state index is 5.53. The van der Waals surface area contributed by atoms with Crippen molar-refractivity contribution in [2.75, 3.05) is 0 Å². The van der Waals surface area contributed by atoms with Gasteiger partial charge in [0, 0.05) is 17.5 Å². The number of rotatable bonds is 3. The lowest BCUT2D eigenvalue weighted by molar-refractivity contribution is 1.14. The molecule has 0 aliphatic heterocycles. The van der Waals surface area contributed by atoms with Crippen LogP contribution in [0.1, 0.15) is 11.3 Å². The average Bonchev–Trinajstić information content (AvgIpc) is 2.53. The first-order chi connectivity index (χ1) is 9.86. The second-order valence-corrected chi connectivity index (χ2v) is 4.61. The highest BCUT2D eigenvalue weighted by atomic mass is 15.1. The topological polar surface area (TPSA) is 51.3 Å². The summed E-state index contributed by atoms with van der Waals surface area (Å²) in [5.74, 6) is 5.53. The molecule has 98 valence electrons. The van der Waals surface area contributed by atoms with Gasteiger partial charge in [0.25, 0.3) is 0 Å². The number of nitrogens with two attached hydrogens (primary N) is 1. The third kappa shape index (κ3) is 2.52. The molecule has 2 aromatic carbocycles. The number of fused-ring (bicyclic) bond motifs is 1. The summed E-state index contributed by atoms with van der Waals surface area (Å²) in [6.07, 6.45) is 0.630. The molecule has 0 atom stereocenters. The molecule has 3 nitrogen and oxygen atoms in total. The second kappa shape index (κ2) is 5.53. The Kier molecular flexibility index (Phi) is 3.42. The predicted octanol–water partition coefficient (Wildman–Crippen LogP) is 3.14. The molecule has 3 heteroatoms. The molecular formula is C17H15N3. The molecule has 1 heterocycles. The molecule has 20 heavy (non-hydrogen) atoms. The number of benzene rings is 2. The van der Waals surface area contributed by atoms with Gasteiger partial charge in [-0.15, -0.1) is 0 Å². The molecule has 2 N–H and O–H groups in total. The Labute approximate surface area is 117 Å². The zero-order valence-electron chi connectivity index (χ0n) is 11.0. The van der Waals surface area contributed by atoms with Crippen LogP contribution in [0.4, 0.5) is 0 Å². The lowest BCUT2D eigenvalue weighted by atomic mass is 10.0. The summed E-state index contributed by atoms with van der Waals surface area (Å²) in [5.41, 5.74) is 3.84. The molecule has 0 unspecified atom stereocenters. The smallest absolute Gasteiger partial charge is 0.0732 e. The van der Waals surface area contributed by atoms with E-state index in [4.69, 9.17) is 5.84 Å². The molecular weight excluding hydrogens is 246 g/mol. The zero-order valence-corrected chi connectivity index (χ0v) is 11.0. The molecule has 0 saturated carbocycles. The summed E-state index contributed by atoms with van der Waals surface area (Å²) in [5, 5.41) is 5.05. The summed E-state index contributed by atoms with van der Waals surface area (Å²) in [4.78, 5) is 4.65. The third-order valence-electron chi connectivity index (χ3n) is 3.27. The molecule has 0 aliphatic rings. The summed E-state index contributed by atoms with van der Waals surface area (Å²) in [6, 6.07) is 22.1. The Morgan fingerprint density at radius 3 is 2.45 bits per heavy atom. The molecule has 0 saturated heterocycles. The number of hydrogen-bond acceptors (Lipinski definition) is 3. The number of hydrogen-bond donors (Lipinski definition) is 1. The summed E-state index contributed by atoms with van der Waals surface area (Å²) in [7, 11) is 0. The molecule has 0 radical (unpaired) electrons. The van der Waals surface area contributed by atoms with Crippen LogP contribution >= 0.6 is 0 Å². The van der Waals surface area contributed by atoms with Gasteiger partial charge in [-0.2, -0.15) is 5.10 Å². The van der Waals surface area contributed by atoms with E-state index in [9.17, 15) is 0 Å². The Hall–Kier alpha value is -2.68. The Balaban J connectivity index is 1.92. The maximum atomic E-state index is 5.53. The highest BCUT2D eigenvalue weighted by Crippen LogP contribution is 2.13. The van der Waals surface area contributed by atoms with Gasteiger partial charge in [0.05, 0.1) is 11.2 Å².